The molecule has 1 atom stereocenters. The van der Waals surface area contributed by atoms with E-state index in [1.807, 2.05) is 11.1 Å². The smallest absolute Gasteiger partial charge is 0.233 e. The number of likely N-dealkylation sites (tertiary alicyclic amines) is 1. The van der Waals surface area contributed by atoms with Gasteiger partial charge in [0.1, 0.15) is 0 Å². The minimum Gasteiger partial charge on any atom is -0.350 e. The van der Waals surface area contributed by atoms with Gasteiger partial charge >= 0.3 is 0 Å². The SMILES string of the molecule is Cc1cccc(-n2ccnc2SCC(=O)N2CCCC(C3OCCO3)C2)c1C. The van der Waals surface area contributed by atoms with Gasteiger partial charge in [0.2, 0.25) is 5.91 Å². The maximum atomic E-state index is 12.8. The standard InChI is InChI=1S/C21H27N3O3S/c1-15-5-3-7-18(16(15)2)24-10-8-22-21(24)28-14-19(25)23-9-4-6-17(13-23)20-26-11-12-27-20/h3,5,7-8,10,17,20H,4,6,9,11-14H2,1-2H3. The number of rotatable bonds is 5. The van der Waals surface area contributed by atoms with Crippen LogP contribution in [-0.4, -0.2) is 58.7 Å². The lowest BCUT2D eigenvalue weighted by Gasteiger charge is -2.34. The minimum atomic E-state index is -0.147. The highest BCUT2D eigenvalue weighted by molar-refractivity contribution is 7.99. The third kappa shape index (κ3) is 4.11. The van der Waals surface area contributed by atoms with Gasteiger partial charge in [0.15, 0.2) is 11.4 Å². The molecule has 0 N–H and O–H groups in total. The van der Waals surface area contributed by atoms with Crippen LogP contribution in [0, 0.1) is 19.8 Å². The van der Waals surface area contributed by atoms with E-state index < -0.39 is 0 Å². The summed E-state index contributed by atoms with van der Waals surface area (Å²) >= 11 is 1.50. The summed E-state index contributed by atoms with van der Waals surface area (Å²) in [4.78, 5) is 19.2. The number of hydrogen-bond acceptors (Lipinski definition) is 5. The van der Waals surface area contributed by atoms with Crippen LogP contribution in [0.2, 0.25) is 0 Å². The summed E-state index contributed by atoms with van der Waals surface area (Å²) in [5.74, 6) is 0.825. The summed E-state index contributed by atoms with van der Waals surface area (Å²) in [5, 5.41) is 0.845. The highest BCUT2D eigenvalue weighted by Gasteiger charge is 2.32. The minimum absolute atomic E-state index is 0.147. The fourth-order valence-corrected chi connectivity index (χ4v) is 4.77. The number of ether oxygens (including phenoxy) is 2. The molecule has 0 saturated carbocycles. The zero-order valence-corrected chi connectivity index (χ0v) is 17.3. The fourth-order valence-electron chi connectivity index (χ4n) is 3.90. The number of carbonyl (C=O) groups is 1. The van der Waals surface area contributed by atoms with Crippen molar-refractivity contribution in [1.82, 2.24) is 14.5 Å². The molecule has 4 rings (SSSR count). The van der Waals surface area contributed by atoms with E-state index in [1.165, 1.54) is 22.9 Å². The summed E-state index contributed by atoms with van der Waals surface area (Å²) in [6.07, 6.45) is 5.66. The van der Waals surface area contributed by atoms with E-state index in [1.54, 1.807) is 6.20 Å². The van der Waals surface area contributed by atoms with E-state index in [9.17, 15) is 4.79 Å². The van der Waals surface area contributed by atoms with Crippen molar-refractivity contribution < 1.29 is 14.3 Å². The number of benzene rings is 1. The van der Waals surface area contributed by atoms with Crippen LogP contribution in [0.1, 0.15) is 24.0 Å². The average molecular weight is 402 g/mol. The lowest BCUT2D eigenvalue weighted by atomic mass is 9.97. The van der Waals surface area contributed by atoms with Gasteiger partial charge in [-0.05, 0) is 43.9 Å². The van der Waals surface area contributed by atoms with Crippen molar-refractivity contribution >= 4 is 17.7 Å². The summed E-state index contributed by atoms with van der Waals surface area (Å²) in [7, 11) is 0. The zero-order chi connectivity index (χ0) is 19.5. The maximum Gasteiger partial charge on any atom is 0.233 e. The van der Waals surface area contributed by atoms with Gasteiger partial charge < -0.3 is 14.4 Å². The largest absolute Gasteiger partial charge is 0.350 e. The van der Waals surface area contributed by atoms with Crippen LogP contribution in [0.4, 0.5) is 0 Å². The normalized spacial score (nSPS) is 20.6. The molecule has 0 radical (unpaired) electrons. The molecule has 1 aromatic carbocycles. The van der Waals surface area contributed by atoms with Crippen LogP contribution in [0.15, 0.2) is 35.7 Å². The highest BCUT2D eigenvalue weighted by Crippen LogP contribution is 2.27. The molecule has 1 unspecified atom stereocenters. The van der Waals surface area contributed by atoms with Crippen LogP contribution in [-0.2, 0) is 14.3 Å². The second-order valence-corrected chi connectivity index (χ2v) is 8.38. The summed E-state index contributed by atoms with van der Waals surface area (Å²) in [6, 6.07) is 6.25. The highest BCUT2D eigenvalue weighted by atomic mass is 32.2. The molecule has 0 bridgehead atoms. The number of nitrogens with zero attached hydrogens (tertiary/aromatic N) is 3. The Hall–Kier alpha value is -1.83. The van der Waals surface area contributed by atoms with E-state index in [-0.39, 0.29) is 18.1 Å². The van der Waals surface area contributed by atoms with E-state index in [4.69, 9.17) is 9.47 Å². The Morgan fingerprint density at radius 1 is 1.29 bits per heavy atom. The number of imidazole rings is 1. The van der Waals surface area contributed by atoms with Crippen LogP contribution in [0.5, 0.6) is 0 Å². The van der Waals surface area contributed by atoms with Crippen molar-refractivity contribution in [3.05, 3.63) is 41.7 Å². The van der Waals surface area contributed by atoms with E-state index >= 15 is 0 Å². The van der Waals surface area contributed by atoms with Crippen molar-refractivity contribution in [3.63, 3.8) is 0 Å². The molecule has 0 aliphatic carbocycles. The molecule has 150 valence electrons. The summed E-state index contributed by atoms with van der Waals surface area (Å²) in [5.41, 5.74) is 3.58. The number of amides is 1. The molecule has 3 heterocycles. The monoisotopic (exact) mass is 401 g/mol. The fraction of sp³-hybridized carbons (Fsp3) is 0.524. The van der Waals surface area contributed by atoms with Crippen LogP contribution < -0.4 is 0 Å². The third-order valence-electron chi connectivity index (χ3n) is 5.61. The molecule has 2 aromatic rings. The maximum absolute atomic E-state index is 12.8. The molecule has 2 fully saturated rings. The first-order chi connectivity index (χ1) is 13.6. The van der Waals surface area contributed by atoms with Gasteiger partial charge in [0.25, 0.3) is 0 Å². The number of aromatic nitrogens is 2. The van der Waals surface area contributed by atoms with Gasteiger partial charge in [-0.3, -0.25) is 9.36 Å². The lowest BCUT2D eigenvalue weighted by Crippen LogP contribution is -2.44. The van der Waals surface area contributed by atoms with E-state index in [0.29, 0.717) is 19.0 Å². The molecule has 1 aromatic heterocycles. The Kier molecular flexibility index (Phi) is 6.04. The van der Waals surface area contributed by atoms with Crippen LogP contribution in [0.25, 0.3) is 5.69 Å². The summed E-state index contributed by atoms with van der Waals surface area (Å²) < 4.78 is 13.4. The molecule has 2 aliphatic rings. The molecule has 2 aliphatic heterocycles. The van der Waals surface area contributed by atoms with Crippen LogP contribution in [0.3, 0.4) is 0 Å². The predicted molar refractivity (Wildman–Crippen MR) is 109 cm³/mol. The zero-order valence-electron chi connectivity index (χ0n) is 16.5. The number of piperidine rings is 1. The molecule has 7 heteroatoms. The number of carbonyl (C=O) groups excluding carboxylic acids is 1. The second-order valence-electron chi connectivity index (χ2n) is 7.44. The van der Waals surface area contributed by atoms with Crippen molar-refractivity contribution in [2.45, 2.75) is 38.1 Å². The van der Waals surface area contributed by atoms with Gasteiger partial charge in [-0.15, -0.1) is 0 Å². The van der Waals surface area contributed by atoms with Gasteiger partial charge in [0, 0.05) is 31.4 Å². The van der Waals surface area contributed by atoms with Gasteiger partial charge in [-0.2, -0.15) is 0 Å². The predicted octanol–water partition coefficient (Wildman–Crippen LogP) is 3.19. The van der Waals surface area contributed by atoms with Crippen molar-refractivity contribution in [2.24, 2.45) is 5.92 Å². The molecular formula is C21H27N3O3S. The lowest BCUT2D eigenvalue weighted by molar-refractivity contribution is -0.136. The van der Waals surface area contributed by atoms with Crippen molar-refractivity contribution in [1.29, 1.82) is 0 Å². The molecule has 2 saturated heterocycles. The molecule has 6 nitrogen and oxygen atoms in total. The quantitative estimate of drug-likeness (QED) is 0.720. The first-order valence-corrected chi connectivity index (χ1v) is 10.9. The van der Waals surface area contributed by atoms with E-state index in [2.05, 4.69) is 41.6 Å². The van der Waals surface area contributed by atoms with Crippen LogP contribution >= 0.6 is 11.8 Å². The molecular weight excluding hydrogens is 374 g/mol. The molecule has 0 spiro atoms. The first-order valence-electron chi connectivity index (χ1n) is 9.87. The van der Waals surface area contributed by atoms with Gasteiger partial charge in [-0.1, -0.05) is 23.9 Å². The summed E-state index contributed by atoms with van der Waals surface area (Å²) in [6.45, 7) is 7.07. The first kappa shape index (κ1) is 19.5. The average Bonchev–Trinajstić information content (AvgIpc) is 3.40. The van der Waals surface area contributed by atoms with Gasteiger partial charge in [-0.25, -0.2) is 4.98 Å². The van der Waals surface area contributed by atoms with Crippen molar-refractivity contribution in [3.8, 4) is 5.69 Å². The number of thioether (sulfide) groups is 1. The Balaban J connectivity index is 1.39. The second kappa shape index (κ2) is 8.68. The number of hydrogen-bond donors (Lipinski definition) is 0. The topological polar surface area (TPSA) is 56.6 Å². The Labute approximate surface area is 170 Å². The number of aryl methyl sites for hydroxylation is 1. The Bertz CT molecular complexity index is 832. The van der Waals surface area contributed by atoms with Gasteiger partial charge in [0.05, 0.1) is 24.7 Å². The molecule has 1 amide bonds. The van der Waals surface area contributed by atoms with Crippen molar-refractivity contribution in [2.75, 3.05) is 32.1 Å². The van der Waals surface area contributed by atoms with E-state index in [0.717, 1.165) is 36.8 Å². The Morgan fingerprint density at radius 2 is 2.11 bits per heavy atom. The third-order valence-corrected chi connectivity index (χ3v) is 6.56. The molecule has 28 heavy (non-hydrogen) atoms. The Morgan fingerprint density at radius 3 is 2.93 bits per heavy atom.